The minimum atomic E-state index is -0.227. The molecule has 0 aliphatic rings. The van der Waals surface area contributed by atoms with Crippen molar-refractivity contribution in [1.82, 2.24) is 9.97 Å². The number of benzene rings is 2. The Morgan fingerprint density at radius 1 is 0.929 bits per heavy atom. The highest BCUT2D eigenvalue weighted by Crippen LogP contribution is 2.23. The van der Waals surface area contributed by atoms with Crippen molar-refractivity contribution in [3.8, 4) is 0 Å². The summed E-state index contributed by atoms with van der Waals surface area (Å²) in [5.41, 5.74) is 6.00. The van der Waals surface area contributed by atoms with E-state index in [1.54, 1.807) is 24.7 Å². The van der Waals surface area contributed by atoms with E-state index >= 15 is 0 Å². The molecule has 138 valence electrons. The fourth-order valence-electron chi connectivity index (χ4n) is 3.14. The van der Waals surface area contributed by atoms with E-state index in [-0.39, 0.29) is 5.91 Å². The van der Waals surface area contributed by atoms with Gasteiger partial charge in [0, 0.05) is 23.5 Å². The molecule has 2 aromatic heterocycles. The molecule has 0 spiro atoms. The van der Waals surface area contributed by atoms with Crippen LogP contribution in [0.5, 0.6) is 0 Å². The molecular weight excluding hydrogens is 348 g/mol. The monoisotopic (exact) mass is 368 g/mol. The van der Waals surface area contributed by atoms with Crippen molar-refractivity contribution in [3.05, 3.63) is 89.9 Å². The van der Waals surface area contributed by atoms with Crippen molar-refractivity contribution in [2.45, 2.75) is 13.8 Å². The minimum absolute atomic E-state index is 0.227. The maximum Gasteiger partial charge on any atom is 0.257 e. The third-order valence-corrected chi connectivity index (χ3v) is 4.54. The quantitative estimate of drug-likeness (QED) is 0.517. The summed E-state index contributed by atoms with van der Waals surface area (Å²) in [5.74, 6) is -0.227. The number of nitrogens with zero attached hydrogens (tertiary/aromatic N) is 2. The predicted molar refractivity (Wildman–Crippen MR) is 113 cm³/mol. The zero-order valence-electron chi connectivity index (χ0n) is 15.7. The second-order valence-electron chi connectivity index (χ2n) is 6.74. The molecule has 0 atom stereocenters. The van der Waals surface area contributed by atoms with E-state index < -0.39 is 0 Å². The van der Waals surface area contributed by atoms with Crippen LogP contribution in [0.3, 0.4) is 0 Å². The standard InChI is InChI=1S/C23H20N4O/c1-15-8-9-20(16(2)11-15)26-19-12-18(13-24-14-19)23(28)27-21-7-3-5-17-6-4-10-25-22(17)21/h3-14,26H,1-2H3,(H,27,28). The summed E-state index contributed by atoms with van der Waals surface area (Å²) < 4.78 is 0. The average molecular weight is 368 g/mol. The van der Waals surface area contributed by atoms with E-state index in [9.17, 15) is 4.79 Å². The summed E-state index contributed by atoms with van der Waals surface area (Å²) in [4.78, 5) is 21.4. The molecule has 2 aromatic carbocycles. The summed E-state index contributed by atoms with van der Waals surface area (Å²) >= 11 is 0. The number of aryl methyl sites for hydroxylation is 2. The Kier molecular flexibility index (Phi) is 4.72. The number of pyridine rings is 2. The van der Waals surface area contributed by atoms with E-state index in [0.717, 1.165) is 27.8 Å². The summed E-state index contributed by atoms with van der Waals surface area (Å²) in [6.45, 7) is 4.11. The van der Waals surface area contributed by atoms with Gasteiger partial charge in [0.15, 0.2) is 0 Å². The number of carbonyl (C=O) groups excluding carboxylic acids is 1. The number of rotatable bonds is 4. The molecule has 2 N–H and O–H groups in total. The first-order valence-corrected chi connectivity index (χ1v) is 9.04. The lowest BCUT2D eigenvalue weighted by Crippen LogP contribution is -2.13. The van der Waals surface area contributed by atoms with Crippen LogP contribution < -0.4 is 10.6 Å². The number of amides is 1. The van der Waals surface area contributed by atoms with E-state index in [2.05, 4.69) is 33.6 Å². The molecule has 1 amide bonds. The van der Waals surface area contributed by atoms with Crippen LogP contribution in [0.1, 0.15) is 21.5 Å². The van der Waals surface area contributed by atoms with Crippen LogP contribution in [0, 0.1) is 13.8 Å². The third kappa shape index (κ3) is 3.69. The molecule has 4 rings (SSSR count). The summed E-state index contributed by atoms with van der Waals surface area (Å²) in [6.07, 6.45) is 4.98. The molecule has 0 aliphatic heterocycles. The first-order chi connectivity index (χ1) is 13.6. The maximum absolute atomic E-state index is 12.8. The molecule has 0 fully saturated rings. The lowest BCUT2D eigenvalue weighted by Gasteiger charge is -2.12. The smallest absolute Gasteiger partial charge is 0.257 e. The second kappa shape index (κ2) is 7.48. The topological polar surface area (TPSA) is 66.9 Å². The van der Waals surface area contributed by atoms with Crippen molar-refractivity contribution in [2.24, 2.45) is 0 Å². The number of carbonyl (C=O) groups is 1. The lowest BCUT2D eigenvalue weighted by atomic mass is 10.1. The van der Waals surface area contributed by atoms with E-state index in [1.807, 2.05) is 49.4 Å². The molecule has 0 aliphatic carbocycles. The van der Waals surface area contributed by atoms with Crippen molar-refractivity contribution in [2.75, 3.05) is 10.6 Å². The van der Waals surface area contributed by atoms with Crippen molar-refractivity contribution in [1.29, 1.82) is 0 Å². The van der Waals surface area contributed by atoms with Gasteiger partial charge in [-0.15, -0.1) is 0 Å². The van der Waals surface area contributed by atoms with Gasteiger partial charge < -0.3 is 10.6 Å². The molecule has 0 saturated heterocycles. The second-order valence-corrected chi connectivity index (χ2v) is 6.74. The van der Waals surface area contributed by atoms with Crippen LogP contribution in [-0.2, 0) is 0 Å². The zero-order valence-corrected chi connectivity index (χ0v) is 15.7. The lowest BCUT2D eigenvalue weighted by molar-refractivity contribution is 0.102. The van der Waals surface area contributed by atoms with Crippen LogP contribution in [0.15, 0.2) is 73.2 Å². The number of fused-ring (bicyclic) bond motifs is 1. The minimum Gasteiger partial charge on any atom is -0.354 e. The Bertz CT molecular complexity index is 1160. The zero-order chi connectivity index (χ0) is 19.5. The van der Waals surface area contributed by atoms with Crippen molar-refractivity contribution >= 4 is 33.9 Å². The first-order valence-electron chi connectivity index (χ1n) is 9.04. The van der Waals surface area contributed by atoms with E-state index in [0.29, 0.717) is 11.3 Å². The Balaban J connectivity index is 1.57. The number of aromatic nitrogens is 2. The molecule has 0 unspecified atom stereocenters. The highest BCUT2D eigenvalue weighted by Gasteiger charge is 2.11. The third-order valence-electron chi connectivity index (χ3n) is 4.54. The van der Waals surface area contributed by atoms with E-state index in [1.165, 1.54) is 5.56 Å². The molecule has 0 bridgehead atoms. The van der Waals surface area contributed by atoms with E-state index in [4.69, 9.17) is 0 Å². The van der Waals surface area contributed by atoms with Crippen molar-refractivity contribution in [3.63, 3.8) is 0 Å². The Hall–Kier alpha value is -3.73. The molecule has 4 aromatic rings. The number of para-hydroxylation sites is 1. The van der Waals surface area contributed by atoms with Crippen LogP contribution >= 0.6 is 0 Å². The normalized spacial score (nSPS) is 10.6. The van der Waals surface area contributed by atoms with Gasteiger partial charge in [-0.25, -0.2) is 0 Å². The molecule has 5 heteroatoms. The molecule has 0 saturated carbocycles. The molecule has 5 nitrogen and oxygen atoms in total. The first kappa shape index (κ1) is 17.7. The number of anilines is 3. The van der Waals surface area contributed by atoms with Gasteiger partial charge in [0.05, 0.1) is 28.7 Å². The summed E-state index contributed by atoms with van der Waals surface area (Å²) in [5, 5.41) is 7.25. The maximum atomic E-state index is 12.8. The van der Waals surface area contributed by atoms with Crippen molar-refractivity contribution < 1.29 is 4.79 Å². The number of hydrogen-bond donors (Lipinski definition) is 2. The molecule has 0 radical (unpaired) electrons. The number of hydrogen-bond acceptors (Lipinski definition) is 4. The highest BCUT2D eigenvalue weighted by molar-refractivity contribution is 6.08. The van der Waals surface area contributed by atoms with Gasteiger partial charge in [0.2, 0.25) is 0 Å². The summed E-state index contributed by atoms with van der Waals surface area (Å²) in [7, 11) is 0. The van der Waals surface area contributed by atoms with Gasteiger partial charge in [-0.1, -0.05) is 35.9 Å². The Morgan fingerprint density at radius 2 is 1.79 bits per heavy atom. The van der Waals surface area contributed by atoms with Crippen LogP contribution in [-0.4, -0.2) is 15.9 Å². The SMILES string of the molecule is Cc1ccc(Nc2cncc(C(=O)Nc3cccc4cccnc34)c2)c(C)c1. The molecule has 28 heavy (non-hydrogen) atoms. The van der Waals surface area contributed by atoms with Crippen LogP contribution in [0.25, 0.3) is 10.9 Å². The van der Waals surface area contributed by atoms with Gasteiger partial charge >= 0.3 is 0 Å². The summed E-state index contributed by atoms with van der Waals surface area (Å²) in [6, 6.07) is 17.5. The highest BCUT2D eigenvalue weighted by atomic mass is 16.1. The van der Waals surface area contributed by atoms with Gasteiger partial charge in [-0.05, 0) is 43.7 Å². The van der Waals surface area contributed by atoms with Crippen LogP contribution in [0.4, 0.5) is 17.1 Å². The average Bonchev–Trinajstić information content (AvgIpc) is 2.71. The van der Waals surface area contributed by atoms with Crippen LogP contribution in [0.2, 0.25) is 0 Å². The van der Waals surface area contributed by atoms with Gasteiger partial charge in [0.1, 0.15) is 0 Å². The number of nitrogens with one attached hydrogen (secondary N) is 2. The Morgan fingerprint density at radius 3 is 2.64 bits per heavy atom. The molecule has 2 heterocycles. The van der Waals surface area contributed by atoms with Gasteiger partial charge in [-0.2, -0.15) is 0 Å². The van der Waals surface area contributed by atoms with Gasteiger partial charge in [0.25, 0.3) is 5.91 Å². The fourth-order valence-corrected chi connectivity index (χ4v) is 3.14. The van der Waals surface area contributed by atoms with Gasteiger partial charge in [-0.3, -0.25) is 14.8 Å². The fraction of sp³-hybridized carbons (Fsp3) is 0.0870. The largest absolute Gasteiger partial charge is 0.354 e. The molecular formula is C23H20N4O. The Labute approximate surface area is 163 Å². The predicted octanol–water partition coefficient (Wildman–Crippen LogP) is 5.24.